The highest BCUT2D eigenvalue weighted by molar-refractivity contribution is 5.73. The second kappa shape index (κ2) is 5.35. The van der Waals surface area contributed by atoms with Crippen LogP contribution in [0.25, 0.3) is 0 Å². The molecule has 2 amide bonds. The van der Waals surface area contributed by atoms with Crippen molar-refractivity contribution in [2.45, 2.75) is 33.3 Å². The fraction of sp³-hybridized carbons (Fsp3) is 0.818. The minimum absolute atomic E-state index is 0.0712. The highest BCUT2D eigenvalue weighted by Crippen LogP contribution is 2.07. The Morgan fingerprint density at radius 2 is 1.65 bits per heavy atom. The fourth-order valence-corrected chi connectivity index (χ4v) is 1.56. The summed E-state index contributed by atoms with van der Waals surface area (Å²) in [5, 5.41) is 1.77. The van der Waals surface area contributed by atoms with Gasteiger partial charge in [0.05, 0.1) is 0 Å². The third kappa shape index (κ3) is 5.04. The van der Waals surface area contributed by atoms with Gasteiger partial charge in [-0.2, -0.15) is 0 Å². The van der Waals surface area contributed by atoms with Crippen LogP contribution in [0.15, 0.2) is 0 Å². The smallest absolute Gasteiger partial charge is 0.422 e. The van der Waals surface area contributed by atoms with Crippen molar-refractivity contribution in [1.29, 1.82) is 0 Å². The first-order chi connectivity index (χ1) is 7.78. The summed E-state index contributed by atoms with van der Waals surface area (Å²) < 4.78 is 5.14. The van der Waals surface area contributed by atoms with Crippen LogP contribution < -0.4 is 5.43 Å². The summed E-state index contributed by atoms with van der Waals surface area (Å²) >= 11 is 0. The number of amides is 2. The Balaban J connectivity index is 2.31. The molecule has 6 heteroatoms. The van der Waals surface area contributed by atoms with Gasteiger partial charge in [0.2, 0.25) is 5.91 Å². The van der Waals surface area contributed by atoms with Crippen LogP contribution in [0.2, 0.25) is 0 Å². The molecule has 1 aliphatic rings. The van der Waals surface area contributed by atoms with E-state index in [4.69, 9.17) is 4.74 Å². The number of piperazine rings is 1. The maximum absolute atomic E-state index is 11.5. The Morgan fingerprint density at radius 1 is 1.12 bits per heavy atom. The van der Waals surface area contributed by atoms with Crippen LogP contribution in [0.1, 0.15) is 27.7 Å². The molecule has 0 saturated carbocycles. The Morgan fingerprint density at radius 3 is 2.06 bits per heavy atom. The summed E-state index contributed by atoms with van der Waals surface area (Å²) in [6, 6.07) is 0. The van der Waals surface area contributed by atoms with Crippen LogP contribution in [-0.2, 0) is 9.53 Å². The van der Waals surface area contributed by atoms with Gasteiger partial charge in [-0.1, -0.05) is 0 Å². The first-order valence-corrected chi connectivity index (χ1v) is 5.78. The average molecular weight is 243 g/mol. The molecule has 1 saturated heterocycles. The third-order valence-corrected chi connectivity index (χ3v) is 2.37. The predicted octanol–water partition coefficient (Wildman–Crippen LogP) is 0.590. The van der Waals surface area contributed by atoms with Gasteiger partial charge in [0.15, 0.2) is 0 Å². The van der Waals surface area contributed by atoms with E-state index in [9.17, 15) is 9.59 Å². The number of hydrazine groups is 1. The van der Waals surface area contributed by atoms with Crippen molar-refractivity contribution >= 4 is 12.0 Å². The Labute approximate surface area is 102 Å². The van der Waals surface area contributed by atoms with E-state index in [1.165, 1.54) is 0 Å². The van der Waals surface area contributed by atoms with E-state index in [-0.39, 0.29) is 5.91 Å². The quantitative estimate of drug-likeness (QED) is 0.732. The molecule has 17 heavy (non-hydrogen) atoms. The maximum Gasteiger partial charge on any atom is 0.422 e. The minimum atomic E-state index is -0.495. The van der Waals surface area contributed by atoms with Crippen LogP contribution in [0.4, 0.5) is 4.79 Å². The fourth-order valence-electron chi connectivity index (χ4n) is 1.56. The number of hydrogen-bond acceptors (Lipinski definition) is 4. The number of carbonyl (C=O) groups excluding carboxylic acids is 2. The summed E-state index contributed by atoms with van der Waals surface area (Å²) in [6.07, 6.45) is -0.450. The number of hydrogen-bond donors (Lipinski definition) is 1. The lowest BCUT2D eigenvalue weighted by atomic mass is 10.2. The number of nitrogens with zero attached hydrogens (tertiary/aromatic N) is 2. The third-order valence-electron chi connectivity index (χ3n) is 2.37. The predicted molar refractivity (Wildman–Crippen MR) is 63.2 cm³/mol. The summed E-state index contributed by atoms with van der Waals surface area (Å²) in [4.78, 5) is 24.4. The minimum Gasteiger partial charge on any atom is -0.443 e. The normalized spacial score (nSPS) is 17.8. The molecule has 0 aromatic rings. The van der Waals surface area contributed by atoms with Gasteiger partial charge in [-0.05, 0) is 20.8 Å². The topological polar surface area (TPSA) is 61.9 Å². The van der Waals surface area contributed by atoms with Crippen molar-refractivity contribution in [2.75, 3.05) is 26.2 Å². The van der Waals surface area contributed by atoms with E-state index >= 15 is 0 Å². The maximum atomic E-state index is 11.5. The molecule has 0 aromatic carbocycles. The van der Waals surface area contributed by atoms with E-state index in [1.54, 1.807) is 16.8 Å². The lowest BCUT2D eigenvalue weighted by Gasteiger charge is -2.34. The molecule has 1 heterocycles. The van der Waals surface area contributed by atoms with E-state index in [0.717, 1.165) is 0 Å². The van der Waals surface area contributed by atoms with Crippen molar-refractivity contribution < 1.29 is 14.3 Å². The molecule has 0 unspecified atom stereocenters. The largest absolute Gasteiger partial charge is 0.443 e. The van der Waals surface area contributed by atoms with E-state index < -0.39 is 11.7 Å². The summed E-state index contributed by atoms with van der Waals surface area (Å²) in [6.45, 7) is 9.52. The molecule has 6 nitrogen and oxygen atoms in total. The molecule has 0 aromatic heterocycles. The van der Waals surface area contributed by atoms with Gasteiger partial charge in [-0.15, -0.1) is 0 Å². The Kier molecular flexibility index (Phi) is 4.34. The second-order valence-corrected chi connectivity index (χ2v) is 5.11. The van der Waals surface area contributed by atoms with Gasteiger partial charge in [0.1, 0.15) is 5.60 Å². The lowest BCUT2D eigenvalue weighted by Crippen LogP contribution is -2.55. The molecule has 1 aliphatic heterocycles. The van der Waals surface area contributed by atoms with Crippen LogP contribution in [-0.4, -0.2) is 53.7 Å². The molecular formula is C11H21N3O3. The number of carbonyl (C=O) groups is 2. The van der Waals surface area contributed by atoms with Gasteiger partial charge < -0.3 is 9.64 Å². The lowest BCUT2D eigenvalue weighted by molar-refractivity contribution is -0.130. The first-order valence-electron chi connectivity index (χ1n) is 5.78. The van der Waals surface area contributed by atoms with Gasteiger partial charge in [-0.3, -0.25) is 10.2 Å². The summed E-state index contributed by atoms with van der Waals surface area (Å²) in [5.74, 6) is 0.0712. The second-order valence-electron chi connectivity index (χ2n) is 5.11. The highest BCUT2D eigenvalue weighted by atomic mass is 16.6. The monoisotopic (exact) mass is 243 g/mol. The molecule has 0 aliphatic carbocycles. The molecule has 0 spiro atoms. The standard InChI is InChI=1S/C11H21N3O3/c1-9(15)13-5-7-14(8-6-13)12-10(16)17-11(2,3)4/h5-8H2,1-4H3,(H,12,16). The van der Waals surface area contributed by atoms with Crippen LogP contribution in [0.5, 0.6) is 0 Å². The number of rotatable bonds is 1. The van der Waals surface area contributed by atoms with Crippen LogP contribution >= 0.6 is 0 Å². The Hall–Kier alpha value is -1.30. The van der Waals surface area contributed by atoms with Crippen molar-refractivity contribution in [2.24, 2.45) is 0 Å². The molecule has 1 N–H and O–H groups in total. The zero-order valence-corrected chi connectivity index (χ0v) is 10.9. The Bertz CT molecular complexity index is 291. The van der Waals surface area contributed by atoms with Gasteiger partial charge in [-0.25, -0.2) is 9.80 Å². The number of nitrogens with one attached hydrogen (secondary N) is 1. The molecule has 98 valence electrons. The summed E-state index contributed by atoms with van der Waals surface area (Å²) in [5.41, 5.74) is 2.17. The highest BCUT2D eigenvalue weighted by Gasteiger charge is 2.22. The average Bonchev–Trinajstić information content (AvgIpc) is 2.15. The zero-order chi connectivity index (χ0) is 13.1. The van der Waals surface area contributed by atoms with E-state index in [1.807, 2.05) is 20.8 Å². The first kappa shape index (κ1) is 13.8. The molecule has 1 rings (SSSR count). The van der Waals surface area contributed by atoms with Crippen molar-refractivity contribution in [3.8, 4) is 0 Å². The number of ether oxygens (including phenoxy) is 1. The molecule has 0 radical (unpaired) electrons. The van der Waals surface area contributed by atoms with Crippen LogP contribution in [0.3, 0.4) is 0 Å². The van der Waals surface area contributed by atoms with E-state index in [0.29, 0.717) is 26.2 Å². The van der Waals surface area contributed by atoms with Gasteiger partial charge in [0.25, 0.3) is 0 Å². The van der Waals surface area contributed by atoms with E-state index in [2.05, 4.69) is 5.43 Å². The molecular weight excluding hydrogens is 222 g/mol. The van der Waals surface area contributed by atoms with Crippen molar-refractivity contribution in [3.63, 3.8) is 0 Å². The molecule has 1 fully saturated rings. The van der Waals surface area contributed by atoms with Gasteiger partial charge in [0, 0.05) is 33.1 Å². The van der Waals surface area contributed by atoms with Crippen molar-refractivity contribution in [3.05, 3.63) is 0 Å². The zero-order valence-electron chi connectivity index (χ0n) is 10.9. The molecule has 0 atom stereocenters. The summed E-state index contributed by atoms with van der Waals surface area (Å²) in [7, 11) is 0. The molecule has 0 bridgehead atoms. The van der Waals surface area contributed by atoms with Crippen molar-refractivity contribution in [1.82, 2.24) is 15.3 Å². The van der Waals surface area contributed by atoms with Gasteiger partial charge >= 0.3 is 6.09 Å². The van der Waals surface area contributed by atoms with Crippen LogP contribution in [0, 0.1) is 0 Å². The SMILES string of the molecule is CC(=O)N1CCN(NC(=O)OC(C)(C)C)CC1.